The molecule has 3 atom stereocenters. The lowest BCUT2D eigenvalue weighted by atomic mass is 10.00. The molecule has 1 heterocycles. The van der Waals surface area contributed by atoms with Gasteiger partial charge in [0.1, 0.15) is 5.75 Å². The largest absolute Gasteiger partial charge is 0.497 e. The van der Waals surface area contributed by atoms with Crippen LogP contribution in [0, 0.1) is 0 Å². The van der Waals surface area contributed by atoms with Gasteiger partial charge in [0, 0.05) is 20.4 Å². The zero-order valence-electron chi connectivity index (χ0n) is 16.5. The second kappa shape index (κ2) is 8.77. The van der Waals surface area contributed by atoms with Crippen LogP contribution in [0.4, 0.5) is 0 Å². The van der Waals surface area contributed by atoms with E-state index in [2.05, 4.69) is 0 Å². The highest BCUT2D eigenvalue weighted by Gasteiger charge is 2.52. The molecule has 152 valence electrons. The molecule has 2 aromatic carbocycles. The van der Waals surface area contributed by atoms with Crippen LogP contribution >= 0.6 is 0 Å². The van der Waals surface area contributed by atoms with Gasteiger partial charge in [0.05, 0.1) is 13.2 Å². The van der Waals surface area contributed by atoms with Crippen molar-refractivity contribution in [1.29, 1.82) is 0 Å². The Morgan fingerprint density at radius 1 is 0.931 bits per heavy atom. The van der Waals surface area contributed by atoms with Crippen molar-refractivity contribution in [3.63, 3.8) is 0 Å². The summed E-state index contributed by atoms with van der Waals surface area (Å²) in [4.78, 5) is 38.1. The first-order valence-corrected chi connectivity index (χ1v) is 9.23. The van der Waals surface area contributed by atoms with E-state index in [0.717, 1.165) is 11.1 Å². The first-order chi connectivity index (χ1) is 13.9. The van der Waals surface area contributed by atoms with E-state index in [0.29, 0.717) is 5.75 Å². The van der Waals surface area contributed by atoms with Crippen molar-refractivity contribution in [3.8, 4) is 5.75 Å². The molecule has 0 N–H and O–H groups in total. The first-order valence-electron chi connectivity index (χ1n) is 9.23. The van der Waals surface area contributed by atoms with Crippen molar-refractivity contribution in [2.24, 2.45) is 0 Å². The number of ether oxygens (including phenoxy) is 3. The normalized spacial score (nSPS) is 21.0. The minimum absolute atomic E-state index is 0.284. The number of hydrogen-bond donors (Lipinski definition) is 0. The SMILES string of the molecule is COc1ccc([C@@H]2[C@H](OC(C)=O)[C@@H](OC(C)=O)C(=O)N2Cc2ccccc2)cc1. The van der Waals surface area contributed by atoms with Crippen molar-refractivity contribution >= 4 is 17.8 Å². The predicted octanol–water partition coefficient (Wildman–Crippen LogP) is 2.64. The van der Waals surface area contributed by atoms with Crippen LogP contribution < -0.4 is 4.74 Å². The van der Waals surface area contributed by atoms with E-state index < -0.39 is 36.1 Å². The lowest BCUT2D eigenvalue weighted by Crippen LogP contribution is -2.36. The smallest absolute Gasteiger partial charge is 0.303 e. The van der Waals surface area contributed by atoms with Crippen LogP contribution in [0.5, 0.6) is 5.75 Å². The zero-order chi connectivity index (χ0) is 21.0. The van der Waals surface area contributed by atoms with Gasteiger partial charge in [-0.3, -0.25) is 14.4 Å². The number of esters is 2. The van der Waals surface area contributed by atoms with Crippen LogP contribution in [0.3, 0.4) is 0 Å². The van der Waals surface area contributed by atoms with Gasteiger partial charge < -0.3 is 19.1 Å². The van der Waals surface area contributed by atoms with Crippen molar-refractivity contribution in [2.45, 2.75) is 38.6 Å². The Labute approximate surface area is 169 Å². The molecule has 0 radical (unpaired) electrons. The van der Waals surface area contributed by atoms with E-state index in [1.54, 1.807) is 36.3 Å². The van der Waals surface area contributed by atoms with E-state index >= 15 is 0 Å². The fourth-order valence-electron chi connectivity index (χ4n) is 3.53. The number of amides is 1. The maximum absolute atomic E-state index is 13.2. The number of hydrogen-bond acceptors (Lipinski definition) is 6. The average Bonchev–Trinajstić information content (AvgIpc) is 2.93. The highest BCUT2D eigenvalue weighted by Crippen LogP contribution is 2.38. The Bertz CT molecular complexity index is 880. The highest BCUT2D eigenvalue weighted by molar-refractivity contribution is 5.88. The number of methoxy groups -OCH3 is 1. The first kappa shape index (κ1) is 20.4. The summed E-state index contributed by atoms with van der Waals surface area (Å²) in [6.45, 7) is 2.77. The fourth-order valence-corrected chi connectivity index (χ4v) is 3.53. The van der Waals surface area contributed by atoms with E-state index in [1.165, 1.54) is 13.8 Å². The molecule has 0 aromatic heterocycles. The van der Waals surface area contributed by atoms with Gasteiger partial charge in [0.25, 0.3) is 5.91 Å². The molecule has 0 spiro atoms. The van der Waals surface area contributed by atoms with Gasteiger partial charge in [-0.2, -0.15) is 0 Å². The fraction of sp³-hybridized carbons (Fsp3) is 0.318. The molecule has 7 heteroatoms. The molecule has 1 saturated heterocycles. The molecule has 3 rings (SSSR count). The second-order valence-corrected chi connectivity index (χ2v) is 6.77. The van der Waals surface area contributed by atoms with Gasteiger partial charge in [0.15, 0.2) is 6.10 Å². The molecule has 1 aliphatic rings. The Morgan fingerprint density at radius 3 is 2.10 bits per heavy atom. The third-order valence-electron chi connectivity index (χ3n) is 4.72. The zero-order valence-corrected chi connectivity index (χ0v) is 16.5. The van der Waals surface area contributed by atoms with Crippen molar-refractivity contribution in [1.82, 2.24) is 4.90 Å². The minimum atomic E-state index is -1.20. The summed E-state index contributed by atoms with van der Waals surface area (Å²) in [5.74, 6) is -0.917. The summed E-state index contributed by atoms with van der Waals surface area (Å²) in [5, 5.41) is 0. The number of carbonyl (C=O) groups excluding carboxylic acids is 3. The maximum atomic E-state index is 13.2. The van der Waals surface area contributed by atoms with Gasteiger partial charge in [-0.15, -0.1) is 0 Å². The predicted molar refractivity (Wildman–Crippen MR) is 104 cm³/mol. The third-order valence-corrected chi connectivity index (χ3v) is 4.72. The summed E-state index contributed by atoms with van der Waals surface area (Å²) < 4.78 is 16.0. The van der Waals surface area contributed by atoms with E-state index in [9.17, 15) is 14.4 Å². The van der Waals surface area contributed by atoms with Crippen molar-refractivity contribution in [2.75, 3.05) is 7.11 Å². The Kier molecular flexibility index (Phi) is 6.16. The summed E-state index contributed by atoms with van der Waals surface area (Å²) >= 11 is 0. The molecule has 7 nitrogen and oxygen atoms in total. The van der Waals surface area contributed by atoms with Gasteiger partial charge in [0.2, 0.25) is 6.10 Å². The quantitative estimate of drug-likeness (QED) is 0.697. The van der Waals surface area contributed by atoms with Crippen molar-refractivity contribution in [3.05, 3.63) is 65.7 Å². The molecule has 29 heavy (non-hydrogen) atoms. The number of benzene rings is 2. The van der Waals surface area contributed by atoms with Crippen LogP contribution in [0.1, 0.15) is 31.0 Å². The van der Waals surface area contributed by atoms with Crippen LogP contribution in [-0.4, -0.2) is 42.1 Å². The van der Waals surface area contributed by atoms with Crippen LogP contribution in [0.2, 0.25) is 0 Å². The molecule has 1 amide bonds. The standard InChI is InChI=1S/C22H23NO6/c1-14(24)28-20-19(17-9-11-18(27-3)12-10-17)23(13-16-7-5-4-6-8-16)22(26)21(20)29-15(2)25/h4-12,19-21H,13H2,1-3H3/t19-,20+,21-/m1/s1. The Balaban J connectivity index is 2.04. The topological polar surface area (TPSA) is 82.1 Å². The molecular formula is C22H23NO6. The molecule has 1 aliphatic heterocycles. The lowest BCUT2D eigenvalue weighted by Gasteiger charge is -2.28. The molecule has 0 unspecified atom stereocenters. The van der Waals surface area contributed by atoms with Gasteiger partial charge >= 0.3 is 11.9 Å². The summed E-state index contributed by atoms with van der Waals surface area (Å²) in [6, 6.07) is 16.0. The molecule has 0 aliphatic carbocycles. The third kappa shape index (κ3) is 4.56. The number of rotatable bonds is 6. The van der Waals surface area contributed by atoms with E-state index in [4.69, 9.17) is 14.2 Å². The minimum Gasteiger partial charge on any atom is -0.497 e. The van der Waals surface area contributed by atoms with Gasteiger partial charge in [-0.05, 0) is 23.3 Å². The summed E-state index contributed by atoms with van der Waals surface area (Å²) in [6.07, 6.45) is -2.16. The number of carbonyl (C=O) groups is 3. The van der Waals surface area contributed by atoms with Crippen LogP contribution in [0.15, 0.2) is 54.6 Å². The van der Waals surface area contributed by atoms with Crippen LogP contribution in [0.25, 0.3) is 0 Å². The Morgan fingerprint density at radius 2 is 1.55 bits per heavy atom. The molecule has 1 fully saturated rings. The maximum Gasteiger partial charge on any atom is 0.303 e. The van der Waals surface area contributed by atoms with Crippen LogP contribution in [-0.2, 0) is 30.4 Å². The van der Waals surface area contributed by atoms with Gasteiger partial charge in [-0.1, -0.05) is 42.5 Å². The molecular weight excluding hydrogens is 374 g/mol. The monoisotopic (exact) mass is 397 g/mol. The Hall–Kier alpha value is -3.35. The van der Waals surface area contributed by atoms with Crippen molar-refractivity contribution < 1.29 is 28.6 Å². The number of nitrogens with zero attached hydrogens (tertiary/aromatic N) is 1. The summed E-state index contributed by atoms with van der Waals surface area (Å²) in [7, 11) is 1.56. The molecule has 2 aromatic rings. The van der Waals surface area contributed by atoms with Gasteiger partial charge in [-0.25, -0.2) is 0 Å². The second-order valence-electron chi connectivity index (χ2n) is 6.77. The summed E-state index contributed by atoms with van der Waals surface area (Å²) in [5.41, 5.74) is 1.65. The molecule has 0 saturated carbocycles. The van der Waals surface area contributed by atoms with E-state index in [-0.39, 0.29) is 6.54 Å². The average molecular weight is 397 g/mol. The highest BCUT2D eigenvalue weighted by atomic mass is 16.6. The lowest BCUT2D eigenvalue weighted by molar-refractivity contribution is -0.166. The number of likely N-dealkylation sites (tertiary alicyclic amines) is 1. The van der Waals surface area contributed by atoms with E-state index in [1.807, 2.05) is 30.3 Å². The molecule has 0 bridgehead atoms.